The maximum absolute atomic E-state index is 12.3. The van der Waals surface area contributed by atoms with Gasteiger partial charge in [0.15, 0.2) is 0 Å². The zero-order valence-corrected chi connectivity index (χ0v) is 15.4. The van der Waals surface area contributed by atoms with E-state index >= 15 is 0 Å². The number of anilines is 1. The second-order valence-electron chi connectivity index (χ2n) is 6.07. The molecule has 7 heteroatoms. The Labute approximate surface area is 161 Å². The van der Waals surface area contributed by atoms with E-state index in [4.69, 9.17) is 4.74 Å². The van der Waals surface area contributed by atoms with Gasteiger partial charge in [0, 0.05) is 33.9 Å². The minimum Gasteiger partial charge on any atom is -0.377 e. The van der Waals surface area contributed by atoms with Crippen LogP contribution in [0.5, 0.6) is 0 Å². The zero-order valence-electron chi connectivity index (χ0n) is 14.6. The molecule has 27 heavy (non-hydrogen) atoms. The summed E-state index contributed by atoms with van der Waals surface area (Å²) in [6, 6.07) is 7.74. The Bertz CT molecular complexity index is 952. The average molecular weight is 378 g/mol. The van der Waals surface area contributed by atoms with Crippen LogP contribution in [0, 0.1) is 0 Å². The molecule has 4 heterocycles. The molecule has 0 bridgehead atoms. The van der Waals surface area contributed by atoms with Gasteiger partial charge in [-0.05, 0) is 36.3 Å². The molecule has 4 rings (SSSR count). The number of rotatable bonds is 5. The van der Waals surface area contributed by atoms with E-state index < -0.39 is 0 Å². The van der Waals surface area contributed by atoms with E-state index in [0.717, 1.165) is 29.2 Å². The quantitative estimate of drug-likeness (QED) is 0.734. The lowest BCUT2D eigenvalue weighted by Crippen LogP contribution is -2.14. The highest BCUT2D eigenvalue weighted by Crippen LogP contribution is 2.28. The van der Waals surface area contributed by atoms with Crippen LogP contribution in [0.4, 0.5) is 5.82 Å². The number of thiophene rings is 1. The largest absolute Gasteiger partial charge is 0.377 e. The summed E-state index contributed by atoms with van der Waals surface area (Å²) in [5, 5.41) is 2.84. The normalized spacial score (nSPS) is 13.9. The molecule has 0 radical (unpaired) electrons. The summed E-state index contributed by atoms with van der Waals surface area (Å²) in [6.45, 7) is 1.43. The summed E-state index contributed by atoms with van der Waals surface area (Å²) in [4.78, 5) is 27.1. The van der Waals surface area contributed by atoms with E-state index in [-0.39, 0.29) is 5.91 Å². The van der Waals surface area contributed by atoms with Crippen LogP contribution in [-0.2, 0) is 16.0 Å². The molecule has 1 N–H and O–H groups in total. The maximum atomic E-state index is 12.3. The van der Waals surface area contributed by atoms with Gasteiger partial charge in [-0.3, -0.25) is 14.8 Å². The first-order valence-corrected chi connectivity index (χ1v) is 9.48. The second kappa shape index (κ2) is 8.20. The van der Waals surface area contributed by atoms with Gasteiger partial charge in [-0.1, -0.05) is 6.08 Å². The van der Waals surface area contributed by atoms with Crippen LogP contribution in [0.3, 0.4) is 0 Å². The van der Waals surface area contributed by atoms with Crippen LogP contribution < -0.4 is 5.32 Å². The van der Waals surface area contributed by atoms with Crippen molar-refractivity contribution in [1.82, 2.24) is 15.0 Å². The van der Waals surface area contributed by atoms with Gasteiger partial charge in [0.05, 0.1) is 31.5 Å². The number of carbonyl (C=O) groups is 1. The van der Waals surface area contributed by atoms with Crippen molar-refractivity contribution >= 4 is 28.6 Å². The molecule has 0 atom stereocenters. The first kappa shape index (κ1) is 17.5. The fraction of sp³-hybridized carbons (Fsp3) is 0.200. The third-order valence-electron chi connectivity index (χ3n) is 4.17. The summed E-state index contributed by atoms with van der Waals surface area (Å²) in [6.07, 6.45) is 9.99. The fourth-order valence-electron chi connectivity index (χ4n) is 2.81. The molecule has 3 aromatic rings. The van der Waals surface area contributed by atoms with Crippen molar-refractivity contribution in [3.63, 3.8) is 0 Å². The van der Waals surface area contributed by atoms with Crippen molar-refractivity contribution in [3.8, 4) is 11.3 Å². The van der Waals surface area contributed by atoms with Gasteiger partial charge in [0.1, 0.15) is 5.82 Å². The molecule has 3 aromatic heterocycles. The summed E-state index contributed by atoms with van der Waals surface area (Å²) in [7, 11) is 0. The smallest absolute Gasteiger partial charge is 0.230 e. The molecular formula is C20H18N4O2S. The van der Waals surface area contributed by atoms with Crippen molar-refractivity contribution in [2.75, 3.05) is 18.5 Å². The molecule has 1 aliphatic heterocycles. The highest BCUT2D eigenvalue weighted by atomic mass is 32.1. The van der Waals surface area contributed by atoms with Gasteiger partial charge in [-0.2, -0.15) is 0 Å². The Balaban J connectivity index is 1.37. The molecule has 6 nitrogen and oxygen atoms in total. The topological polar surface area (TPSA) is 77.0 Å². The molecule has 0 aliphatic carbocycles. The Morgan fingerprint density at radius 3 is 2.85 bits per heavy atom. The summed E-state index contributed by atoms with van der Waals surface area (Å²) in [5.41, 5.74) is 2.91. The Hall–Kier alpha value is -2.90. The highest BCUT2D eigenvalue weighted by molar-refractivity contribution is 7.13. The second-order valence-corrected chi connectivity index (χ2v) is 7.24. The molecule has 136 valence electrons. The lowest BCUT2D eigenvalue weighted by Gasteiger charge is -2.11. The van der Waals surface area contributed by atoms with Crippen molar-refractivity contribution in [2.24, 2.45) is 0 Å². The standard InChI is InChI=1S/C20H18N4O2S/c25-20(11-16-2-3-18(27-16)14-5-9-26-10-6-14)24-19-4-1-15(12-23-19)17-13-21-7-8-22-17/h1-5,7-8,12-13H,6,9-11H2,(H,23,24,25). The number of nitrogens with zero attached hydrogens (tertiary/aromatic N) is 3. The van der Waals surface area contributed by atoms with E-state index in [1.54, 1.807) is 42.2 Å². The number of pyridine rings is 1. The lowest BCUT2D eigenvalue weighted by atomic mass is 10.1. The van der Waals surface area contributed by atoms with E-state index in [0.29, 0.717) is 18.8 Å². The molecule has 0 fully saturated rings. The number of aromatic nitrogens is 3. The first-order valence-electron chi connectivity index (χ1n) is 8.66. The Morgan fingerprint density at radius 1 is 1.15 bits per heavy atom. The van der Waals surface area contributed by atoms with E-state index in [2.05, 4.69) is 32.4 Å². The third-order valence-corrected chi connectivity index (χ3v) is 5.33. The Kier molecular flexibility index (Phi) is 5.32. The molecule has 1 aliphatic rings. The van der Waals surface area contributed by atoms with Crippen molar-refractivity contribution in [3.05, 3.63) is 64.9 Å². The minimum absolute atomic E-state index is 0.0795. The van der Waals surface area contributed by atoms with Gasteiger partial charge in [-0.25, -0.2) is 4.98 Å². The maximum Gasteiger partial charge on any atom is 0.230 e. The number of nitrogens with one attached hydrogen (secondary N) is 1. The summed E-state index contributed by atoms with van der Waals surface area (Å²) < 4.78 is 5.35. The highest BCUT2D eigenvalue weighted by Gasteiger charge is 2.12. The third kappa shape index (κ3) is 4.45. The summed E-state index contributed by atoms with van der Waals surface area (Å²) in [5.74, 6) is 0.445. The van der Waals surface area contributed by atoms with Gasteiger partial charge < -0.3 is 10.1 Å². The van der Waals surface area contributed by atoms with Gasteiger partial charge in [0.2, 0.25) is 5.91 Å². The predicted octanol–water partition coefficient (Wildman–Crippen LogP) is 3.59. The van der Waals surface area contributed by atoms with Crippen LogP contribution in [0.15, 0.2) is 55.1 Å². The van der Waals surface area contributed by atoms with Crippen LogP contribution in [0.25, 0.3) is 16.8 Å². The van der Waals surface area contributed by atoms with Crippen LogP contribution in [0.2, 0.25) is 0 Å². The lowest BCUT2D eigenvalue weighted by molar-refractivity contribution is -0.115. The molecule has 0 spiro atoms. The van der Waals surface area contributed by atoms with E-state index in [1.165, 1.54) is 10.5 Å². The van der Waals surface area contributed by atoms with Crippen molar-refractivity contribution < 1.29 is 9.53 Å². The molecule has 0 unspecified atom stereocenters. The molecule has 1 amide bonds. The number of amides is 1. The van der Waals surface area contributed by atoms with Gasteiger partial charge >= 0.3 is 0 Å². The van der Waals surface area contributed by atoms with Crippen molar-refractivity contribution in [1.29, 1.82) is 0 Å². The van der Waals surface area contributed by atoms with Crippen LogP contribution in [-0.4, -0.2) is 34.1 Å². The number of hydrogen-bond acceptors (Lipinski definition) is 6. The van der Waals surface area contributed by atoms with E-state index in [9.17, 15) is 4.79 Å². The van der Waals surface area contributed by atoms with Crippen LogP contribution >= 0.6 is 11.3 Å². The van der Waals surface area contributed by atoms with Crippen LogP contribution in [0.1, 0.15) is 16.2 Å². The Morgan fingerprint density at radius 2 is 2.11 bits per heavy atom. The van der Waals surface area contributed by atoms with Gasteiger partial charge in [0.25, 0.3) is 0 Å². The fourth-order valence-corrected chi connectivity index (χ4v) is 3.88. The average Bonchev–Trinajstić information content (AvgIpc) is 3.18. The number of hydrogen-bond donors (Lipinski definition) is 1. The number of carbonyl (C=O) groups excluding carboxylic acids is 1. The molecular weight excluding hydrogens is 360 g/mol. The molecule has 0 saturated carbocycles. The van der Waals surface area contributed by atoms with Gasteiger partial charge in [-0.15, -0.1) is 11.3 Å². The predicted molar refractivity (Wildman–Crippen MR) is 105 cm³/mol. The first-order chi connectivity index (χ1) is 13.3. The number of ether oxygens (including phenoxy) is 1. The monoisotopic (exact) mass is 378 g/mol. The zero-order chi connectivity index (χ0) is 18.5. The van der Waals surface area contributed by atoms with Crippen molar-refractivity contribution in [2.45, 2.75) is 12.8 Å². The summed E-state index contributed by atoms with van der Waals surface area (Å²) >= 11 is 1.66. The van der Waals surface area contributed by atoms with E-state index in [1.807, 2.05) is 12.1 Å². The molecule has 0 aromatic carbocycles. The minimum atomic E-state index is -0.0795. The SMILES string of the molecule is O=C(Cc1ccc(C2=CCOCC2)s1)Nc1ccc(-c2cnccn2)cn1. The molecule has 0 saturated heterocycles.